The van der Waals surface area contributed by atoms with Crippen LogP contribution in [0.15, 0.2) is 232 Å². The lowest BCUT2D eigenvalue weighted by molar-refractivity contribution is 0.668. The Kier molecular flexibility index (Phi) is 8.23. The Morgan fingerprint density at radius 3 is 1.63 bits per heavy atom. The van der Waals surface area contributed by atoms with Crippen molar-refractivity contribution in [3.8, 4) is 62.1 Å². The van der Waals surface area contributed by atoms with Gasteiger partial charge < -0.3 is 13.3 Å². The van der Waals surface area contributed by atoms with Crippen molar-refractivity contribution in [3.63, 3.8) is 0 Å². The van der Waals surface area contributed by atoms with Crippen LogP contribution in [0.5, 0.6) is 0 Å². The topological polar surface area (TPSA) is 83.0 Å². The summed E-state index contributed by atoms with van der Waals surface area (Å²) in [7, 11) is 0. The van der Waals surface area contributed by atoms with Gasteiger partial charge in [-0.2, -0.15) is 9.97 Å². The van der Waals surface area contributed by atoms with Gasteiger partial charge in [-0.25, -0.2) is 4.98 Å². The summed E-state index contributed by atoms with van der Waals surface area (Å²) in [4.78, 5) is 15.9. The molecule has 0 spiro atoms. The van der Waals surface area contributed by atoms with Gasteiger partial charge in [0, 0.05) is 65.3 Å². The second-order valence-electron chi connectivity index (χ2n) is 17.9. The fourth-order valence-electron chi connectivity index (χ4n) is 10.6. The van der Waals surface area contributed by atoms with Gasteiger partial charge in [0.25, 0.3) is 0 Å². The Labute approximate surface area is 399 Å². The summed E-state index contributed by atoms with van der Waals surface area (Å²) in [5.74, 6) is 1.60. The Bertz CT molecular complexity index is 4610. The van der Waals surface area contributed by atoms with E-state index >= 15 is 0 Å². The summed E-state index contributed by atoms with van der Waals surface area (Å²) < 4.78 is 21.4. The van der Waals surface area contributed by atoms with Gasteiger partial charge in [0.05, 0.1) is 11.0 Å². The zero-order chi connectivity index (χ0) is 45.9. The van der Waals surface area contributed by atoms with Crippen LogP contribution >= 0.6 is 0 Å². The predicted octanol–water partition coefficient (Wildman–Crippen LogP) is 17.0. The van der Waals surface area contributed by atoms with E-state index < -0.39 is 0 Å². The zero-order valence-corrected chi connectivity index (χ0v) is 37.3. The Morgan fingerprint density at radius 1 is 0.286 bits per heavy atom. The van der Waals surface area contributed by atoms with Crippen LogP contribution in [0.4, 0.5) is 0 Å². The summed E-state index contributed by atoms with van der Waals surface area (Å²) in [5.41, 5.74) is 15.1. The van der Waals surface area contributed by atoms with Crippen LogP contribution in [0.2, 0.25) is 0 Å². The van der Waals surface area contributed by atoms with Gasteiger partial charge in [0.2, 0.25) is 5.95 Å². The Morgan fingerprint density at radius 2 is 0.814 bits per heavy atom. The van der Waals surface area contributed by atoms with E-state index in [1.807, 2.05) is 78.9 Å². The molecule has 0 amide bonds. The average molecular weight is 897 g/mol. The molecule has 15 aromatic rings. The monoisotopic (exact) mass is 896 g/mol. The second-order valence-corrected chi connectivity index (χ2v) is 17.9. The summed E-state index contributed by atoms with van der Waals surface area (Å²) in [5, 5.41) is 8.61. The lowest BCUT2D eigenvalue weighted by Gasteiger charge is -2.13. The van der Waals surface area contributed by atoms with Crippen molar-refractivity contribution in [3.05, 3.63) is 218 Å². The van der Waals surface area contributed by atoms with Crippen molar-refractivity contribution < 1.29 is 13.3 Å². The fraction of sp³-hybridized carbons (Fsp3) is 0. The van der Waals surface area contributed by atoms with Crippen LogP contribution < -0.4 is 0 Å². The molecular weight excluding hydrogens is 861 g/mol. The van der Waals surface area contributed by atoms with E-state index in [4.69, 9.17) is 28.2 Å². The molecule has 15 rings (SSSR count). The number of aromatic nitrogens is 4. The van der Waals surface area contributed by atoms with Crippen LogP contribution in [-0.2, 0) is 0 Å². The molecule has 0 fully saturated rings. The van der Waals surface area contributed by atoms with Crippen LogP contribution in [0.3, 0.4) is 0 Å². The molecule has 0 aliphatic heterocycles. The minimum Gasteiger partial charge on any atom is -0.456 e. The van der Waals surface area contributed by atoms with Crippen LogP contribution in [0.25, 0.3) is 150 Å². The van der Waals surface area contributed by atoms with Crippen molar-refractivity contribution >= 4 is 87.6 Å². The smallest absolute Gasteiger partial charge is 0.238 e. The van der Waals surface area contributed by atoms with E-state index in [1.54, 1.807) is 0 Å². The van der Waals surface area contributed by atoms with Gasteiger partial charge in [0.1, 0.15) is 33.5 Å². The van der Waals surface area contributed by atoms with E-state index in [0.717, 1.165) is 132 Å². The lowest BCUT2D eigenvalue weighted by atomic mass is 9.96. The summed E-state index contributed by atoms with van der Waals surface area (Å²) in [6, 6.07) is 75.8. The lowest BCUT2D eigenvalue weighted by Crippen LogP contribution is -2.07. The molecule has 0 aliphatic rings. The molecule has 7 nitrogen and oxygen atoms in total. The Balaban J connectivity index is 0.982. The quantitative estimate of drug-likeness (QED) is 0.165. The normalized spacial score (nSPS) is 12.0. The van der Waals surface area contributed by atoms with Crippen molar-refractivity contribution in [1.29, 1.82) is 0 Å². The maximum atomic E-state index is 6.59. The molecule has 0 N–H and O–H groups in total. The van der Waals surface area contributed by atoms with Crippen LogP contribution in [-0.4, -0.2) is 19.5 Å². The predicted molar refractivity (Wildman–Crippen MR) is 283 cm³/mol. The highest BCUT2D eigenvalue weighted by molar-refractivity contribution is 6.16. The van der Waals surface area contributed by atoms with Crippen molar-refractivity contribution in [2.45, 2.75) is 0 Å². The molecule has 70 heavy (non-hydrogen) atoms. The van der Waals surface area contributed by atoms with Crippen LogP contribution in [0, 0.1) is 0 Å². The molecule has 0 saturated heterocycles. The van der Waals surface area contributed by atoms with Crippen molar-refractivity contribution in [2.75, 3.05) is 0 Å². The molecule has 0 bridgehead atoms. The first-order chi connectivity index (χ1) is 34.7. The molecule has 0 unspecified atom stereocenters. The fourth-order valence-corrected chi connectivity index (χ4v) is 10.6. The van der Waals surface area contributed by atoms with E-state index in [-0.39, 0.29) is 0 Å². The van der Waals surface area contributed by atoms with Gasteiger partial charge >= 0.3 is 0 Å². The summed E-state index contributed by atoms with van der Waals surface area (Å²) in [6.07, 6.45) is 0. The van der Waals surface area contributed by atoms with Crippen LogP contribution in [0.1, 0.15) is 0 Å². The second kappa shape index (κ2) is 15.0. The van der Waals surface area contributed by atoms with E-state index in [2.05, 4.69) is 144 Å². The average Bonchev–Trinajstić information content (AvgIpc) is 4.19. The van der Waals surface area contributed by atoms with Gasteiger partial charge in [0.15, 0.2) is 11.6 Å². The third-order valence-electron chi connectivity index (χ3n) is 13.9. The summed E-state index contributed by atoms with van der Waals surface area (Å²) >= 11 is 0. The standard InChI is InChI=1S/C63H36N4O3/c1-2-13-37(14-3-1)61-64-62(42-27-30-48-45-17-4-7-24-54(45)69-58(48)36-42)66-63(65-61)67-53-31-28-41(44-21-12-23-50-46-18-5-9-26-56(46)70-60(44)50)35-51(53)49-22-11-20-43(59(49)67)40-16-10-15-38(33-40)39-29-32-57-52(34-39)47-19-6-8-25-55(47)68-57/h1-36H. The third-order valence-corrected chi connectivity index (χ3v) is 13.9. The largest absolute Gasteiger partial charge is 0.456 e. The maximum absolute atomic E-state index is 6.59. The maximum Gasteiger partial charge on any atom is 0.238 e. The number of rotatable bonds is 6. The molecule has 5 aromatic heterocycles. The molecule has 0 radical (unpaired) electrons. The minimum absolute atomic E-state index is 0.501. The number of fused-ring (bicyclic) bond motifs is 12. The number of furan rings is 3. The molecule has 5 heterocycles. The molecule has 326 valence electrons. The molecule has 0 aliphatic carbocycles. The molecular formula is C63H36N4O3. The molecule has 0 saturated carbocycles. The molecule has 7 heteroatoms. The van der Waals surface area contributed by atoms with Gasteiger partial charge in [-0.1, -0.05) is 158 Å². The van der Waals surface area contributed by atoms with Gasteiger partial charge in [-0.05, 0) is 82.9 Å². The van der Waals surface area contributed by atoms with Gasteiger partial charge in [-0.3, -0.25) is 4.57 Å². The Hall–Kier alpha value is -9.59. The highest BCUT2D eigenvalue weighted by atomic mass is 16.3. The third kappa shape index (κ3) is 5.91. The van der Waals surface area contributed by atoms with Crippen molar-refractivity contribution in [1.82, 2.24) is 19.5 Å². The van der Waals surface area contributed by atoms with E-state index in [1.165, 1.54) is 0 Å². The zero-order valence-electron chi connectivity index (χ0n) is 37.3. The SMILES string of the molecule is c1ccc(-c2nc(-c3ccc4c(c3)oc3ccccc34)nc(-n3c4ccc(-c5cccc6c5oc5ccccc56)cc4c4cccc(-c5cccc(-c6ccc7oc8ccccc8c7c6)c5)c43)n2)cc1. The minimum atomic E-state index is 0.501. The first kappa shape index (κ1) is 38.5. The van der Waals surface area contributed by atoms with Gasteiger partial charge in [-0.15, -0.1) is 0 Å². The first-order valence-electron chi connectivity index (χ1n) is 23.4. The van der Waals surface area contributed by atoms with E-state index in [0.29, 0.717) is 17.6 Å². The van der Waals surface area contributed by atoms with Crippen molar-refractivity contribution in [2.24, 2.45) is 0 Å². The molecule has 0 atom stereocenters. The number of hydrogen-bond donors (Lipinski definition) is 0. The highest BCUT2D eigenvalue weighted by Gasteiger charge is 2.23. The highest BCUT2D eigenvalue weighted by Crippen LogP contribution is 2.43. The number of para-hydroxylation sites is 5. The number of nitrogens with zero attached hydrogens (tertiary/aromatic N) is 4. The summed E-state index contributed by atoms with van der Waals surface area (Å²) in [6.45, 7) is 0. The number of benzene rings is 10. The first-order valence-corrected chi connectivity index (χ1v) is 23.4. The van der Waals surface area contributed by atoms with E-state index in [9.17, 15) is 0 Å². The molecule has 10 aromatic carbocycles. The number of hydrogen-bond acceptors (Lipinski definition) is 6.